The first-order valence-corrected chi connectivity index (χ1v) is 4.31. The van der Waals surface area contributed by atoms with Gasteiger partial charge < -0.3 is 0 Å². The molecule has 0 aliphatic rings. The number of pyridine rings is 1. The van der Waals surface area contributed by atoms with Gasteiger partial charge in [-0.05, 0) is 28.1 Å². The summed E-state index contributed by atoms with van der Waals surface area (Å²) >= 11 is 3.29. The fraction of sp³-hybridized carbons (Fsp3) is 0. The molecule has 0 aliphatic carbocycles. The second kappa shape index (κ2) is 3.14. The predicted molar refractivity (Wildman–Crippen MR) is 49.7 cm³/mol. The minimum absolute atomic E-state index is 0.306. The Kier molecular flexibility index (Phi) is 1.97. The number of halogens is 1. The van der Waals surface area contributed by atoms with E-state index in [4.69, 9.17) is 0 Å². The van der Waals surface area contributed by atoms with Crippen LogP contribution in [0, 0.1) is 0 Å². The number of nitrogens with zero attached hydrogens (tertiary/aromatic N) is 3. The molecule has 2 heterocycles. The van der Waals surface area contributed by atoms with Crippen LogP contribution < -0.4 is 5.69 Å². The lowest BCUT2D eigenvalue weighted by atomic mass is 10.5. The number of hydrogen-bond acceptors (Lipinski definition) is 3. The molecule has 0 atom stereocenters. The van der Waals surface area contributed by atoms with E-state index < -0.39 is 0 Å². The van der Waals surface area contributed by atoms with Crippen molar-refractivity contribution in [3.05, 3.63) is 39.6 Å². The Labute approximate surface area is 81.6 Å². The van der Waals surface area contributed by atoms with E-state index >= 15 is 0 Å². The van der Waals surface area contributed by atoms with Crippen molar-refractivity contribution in [2.45, 2.75) is 0 Å². The monoisotopic (exact) mass is 240 g/mol. The number of rotatable bonds is 1. The van der Waals surface area contributed by atoms with E-state index in [2.05, 4.69) is 31.1 Å². The maximum absolute atomic E-state index is 11.2. The van der Waals surface area contributed by atoms with Gasteiger partial charge in [0.2, 0.25) is 0 Å². The third-order valence-corrected chi connectivity index (χ3v) is 2.14. The van der Waals surface area contributed by atoms with Gasteiger partial charge in [-0.15, -0.1) is 0 Å². The van der Waals surface area contributed by atoms with Gasteiger partial charge in [0, 0.05) is 6.20 Å². The largest absolute Gasteiger partial charge is 0.348 e. The van der Waals surface area contributed by atoms with Crippen molar-refractivity contribution >= 4 is 15.9 Å². The minimum atomic E-state index is -0.306. The van der Waals surface area contributed by atoms with Crippen LogP contribution in [0.5, 0.6) is 0 Å². The van der Waals surface area contributed by atoms with Crippen LogP contribution in [-0.2, 0) is 0 Å². The first kappa shape index (κ1) is 8.18. The molecule has 2 rings (SSSR count). The first-order chi connectivity index (χ1) is 6.29. The summed E-state index contributed by atoms with van der Waals surface area (Å²) in [7, 11) is 0. The van der Waals surface area contributed by atoms with Crippen LogP contribution in [-0.4, -0.2) is 19.7 Å². The maximum Gasteiger partial charge on any atom is 0.348 e. The molecule has 2 aromatic rings. The van der Waals surface area contributed by atoms with Crippen molar-refractivity contribution in [2.24, 2.45) is 0 Å². The molecule has 0 spiro atoms. The molecule has 6 heteroatoms. The van der Waals surface area contributed by atoms with Crippen molar-refractivity contribution in [1.82, 2.24) is 19.7 Å². The topological polar surface area (TPSA) is 63.6 Å². The van der Waals surface area contributed by atoms with E-state index in [-0.39, 0.29) is 5.69 Å². The average Bonchev–Trinajstić information content (AvgIpc) is 2.52. The van der Waals surface area contributed by atoms with Crippen molar-refractivity contribution in [1.29, 1.82) is 0 Å². The Morgan fingerprint density at radius 2 is 2.38 bits per heavy atom. The zero-order chi connectivity index (χ0) is 9.26. The summed E-state index contributed by atoms with van der Waals surface area (Å²) in [6.07, 6.45) is 3.00. The predicted octanol–water partition coefficient (Wildman–Crippen LogP) is 0.718. The summed E-state index contributed by atoms with van der Waals surface area (Å²) in [5.41, 5.74) is -0.306. The molecule has 0 bridgehead atoms. The van der Waals surface area contributed by atoms with Crippen LogP contribution in [0.2, 0.25) is 0 Å². The van der Waals surface area contributed by atoms with Gasteiger partial charge in [0.05, 0.1) is 4.47 Å². The van der Waals surface area contributed by atoms with E-state index in [1.165, 1.54) is 10.9 Å². The quantitative estimate of drug-likeness (QED) is 0.799. The molecule has 66 valence electrons. The highest BCUT2D eigenvalue weighted by Gasteiger charge is 2.05. The van der Waals surface area contributed by atoms with E-state index in [1.807, 2.05) is 6.07 Å². The molecule has 0 saturated carbocycles. The lowest BCUT2D eigenvalue weighted by Gasteiger charge is -1.99. The van der Waals surface area contributed by atoms with Gasteiger partial charge in [-0.25, -0.2) is 19.4 Å². The molecular weight excluding hydrogens is 236 g/mol. The first-order valence-electron chi connectivity index (χ1n) is 3.52. The van der Waals surface area contributed by atoms with Gasteiger partial charge in [-0.1, -0.05) is 0 Å². The third-order valence-electron chi connectivity index (χ3n) is 1.52. The molecule has 2 aromatic heterocycles. The van der Waals surface area contributed by atoms with Gasteiger partial charge in [0.1, 0.15) is 6.33 Å². The highest BCUT2D eigenvalue weighted by molar-refractivity contribution is 9.10. The van der Waals surface area contributed by atoms with Crippen molar-refractivity contribution in [3.8, 4) is 5.82 Å². The fourth-order valence-corrected chi connectivity index (χ4v) is 1.40. The molecule has 0 radical (unpaired) electrons. The summed E-state index contributed by atoms with van der Waals surface area (Å²) in [6, 6.07) is 3.58. The van der Waals surface area contributed by atoms with Crippen molar-refractivity contribution in [3.63, 3.8) is 0 Å². The Morgan fingerprint density at radius 1 is 1.54 bits per heavy atom. The molecule has 0 aromatic carbocycles. The van der Waals surface area contributed by atoms with Gasteiger partial charge in [0.15, 0.2) is 5.82 Å². The molecule has 0 fully saturated rings. The molecule has 0 aliphatic heterocycles. The lowest BCUT2D eigenvalue weighted by molar-refractivity contribution is 0.933. The van der Waals surface area contributed by atoms with Crippen LogP contribution in [0.3, 0.4) is 0 Å². The normalized spacial score (nSPS) is 10.2. The van der Waals surface area contributed by atoms with Crippen LogP contribution in [0.4, 0.5) is 0 Å². The number of nitrogens with one attached hydrogen (secondary N) is 1. The zero-order valence-electron chi connectivity index (χ0n) is 6.44. The number of aromatic amines is 1. The van der Waals surface area contributed by atoms with Gasteiger partial charge >= 0.3 is 5.69 Å². The fourth-order valence-electron chi connectivity index (χ4n) is 0.954. The highest BCUT2D eigenvalue weighted by Crippen LogP contribution is 2.15. The second-order valence-electron chi connectivity index (χ2n) is 2.34. The Morgan fingerprint density at radius 3 is 3.00 bits per heavy atom. The van der Waals surface area contributed by atoms with Crippen molar-refractivity contribution < 1.29 is 0 Å². The van der Waals surface area contributed by atoms with Crippen LogP contribution in [0.25, 0.3) is 5.82 Å². The summed E-state index contributed by atoms with van der Waals surface area (Å²) in [5, 5.41) is 5.89. The minimum Gasteiger partial charge on any atom is -0.246 e. The number of hydrogen-bond donors (Lipinski definition) is 1. The summed E-state index contributed by atoms with van der Waals surface area (Å²) in [6.45, 7) is 0. The van der Waals surface area contributed by atoms with E-state index in [9.17, 15) is 4.79 Å². The summed E-state index contributed by atoms with van der Waals surface area (Å²) < 4.78 is 2.07. The molecule has 0 unspecified atom stereocenters. The lowest BCUT2D eigenvalue weighted by Crippen LogP contribution is -2.15. The second-order valence-corrected chi connectivity index (χ2v) is 3.19. The molecular formula is C7H5BrN4O. The molecule has 13 heavy (non-hydrogen) atoms. The molecule has 5 nitrogen and oxygen atoms in total. The van der Waals surface area contributed by atoms with Crippen LogP contribution in [0.1, 0.15) is 0 Å². The van der Waals surface area contributed by atoms with Crippen LogP contribution >= 0.6 is 15.9 Å². The average molecular weight is 241 g/mol. The van der Waals surface area contributed by atoms with E-state index in [1.54, 1.807) is 12.3 Å². The molecule has 0 amide bonds. The summed E-state index contributed by atoms with van der Waals surface area (Å²) in [4.78, 5) is 15.2. The highest BCUT2D eigenvalue weighted by atomic mass is 79.9. The zero-order valence-corrected chi connectivity index (χ0v) is 8.02. The van der Waals surface area contributed by atoms with Crippen LogP contribution in [0.15, 0.2) is 33.9 Å². The SMILES string of the molecule is O=c1[nH]ncn1-c1ncccc1Br. The number of H-pyrrole nitrogens is 1. The smallest absolute Gasteiger partial charge is 0.246 e. The van der Waals surface area contributed by atoms with Gasteiger partial charge in [-0.2, -0.15) is 5.10 Å². The van der Waals surface area contributed by atoms with E-state index in [0.717, 1.165) is 4.47 Å². The van der Waals surface area contributed by atoms with Gasteiger partial charge in [0.25, 0.3) is 0 Å². The standard InChI is InChI=1S/C7H5BrN4O/c8-5-2-1-3-9-6(5)12-4-10-11-7(12)13/h1-4H,(H,11,13). The Balaban J connectivity index is 2.66. The molecule has 1 N–H and O–H groups in total. The van der Waals surface area contributed by atoms with E-state index in [0.29, 0.717) is 5.82 Å². The number of aromatic nitrogens is 4. The Bertz CT molecular complexity index is 475. The third kappa shape index (κ3) is 1.40. The Hall–Kier alpha value is -1.43. The molecule has 0 saturated heterocycles. The van der Waals surface area contributed by atoms with Gasteiger partial charge in [-0.3, -0.25) is 0 Å². The van der Waals surface area contributed by atoms with Crippen molar-refractivity contribution in [2.75, 3.05) is 0 Å². The maximum atomic E-state index is 11.2. The summed E-state index contributed by atoms with van der Waals surface area (Å²) in [5.74, 6) is 0.529.